The van der Waals surface area contributed by atoms with Gasteiger partial charge in [-0.1, -0.05) is 0 Å². The Morgan fingerprint density at radius 1 is 1.02 bits per heavy atom. The third-order valence-corrected chi connectivity index (χ3v) is 8.82. The summed E-state index contributed by atoms with van der Waals surface area (Å²) in [4.78, 5) is 23.6. The summed E-state index contributed by atoms with van der Waals surface area (Å²) in [7, 11) is 0.908. The van der Waals surface area contributed by atoms with Gasteiger partial charge in [0, 0.05) is 91.5 Å². The number of nitrogens with zero attached hydrogens (tertiary/aromatic N) is 6. The lowest BCUT2D eigenvalue weighted by Crippen LogP contribution is -2.50. The van der Waals surface area contributed by atoms with Crippen molar-refractivity contribution in [2.45, 2.75) is 6.42 Å². The zero-order valence-corrected chi connectivity index (χ0v) is 24.4. The fourth-order valence-electron chi connectivity index (χ4n) is 5.21. The Morgan fingerprint density at radius 2 is 1.76 bits per heavy atom. The molecule has 3 heterocycles. The van der Waals surface area contributed by atoms with Gasteiger partial charge in [-0.05, 0) is 36.8 Å². The van der Waals surface area contributed by atoms with E-state index in [1.165, 1.54) is 0 Å². The van der Waals surface area contributed by atoms with Crippen LogP contribution in [0.3, 0.4) is 0 Å². The van der Waals surface area contributed by atoms with Gasteiger partial charge in [0.05, 0.1) is 42.1 Å². The van der Waals surface area contributed by atoms with E-state index in [1.54, 1.807) is 42.5 Å². The van der Waals surface area contributed by atoms with Gasteiger partial charge in [-0.3, -0.25) is 9.19 Å². The predicted molar refractivity (Wildman–Crippen MR) is 161 cm³/mol. The highest BCUT2D eigenvalue weighted by Gasteiger charge is 2.25. The van der Waals surface area contributed by atoms with E-state index in [0.29, 0.717) is 66.6 Å². The fourth-order valence-corrected chi connectivity index (χ4v) is 6.34. The van der Waals surface area contributed by atoms with Crippen molar-refractivity contribution in [1.29, 1.82) is 10.5 Å². The summed E-state index contributed by atoms with van der Waals surface area (Å²) >= 11 is 0. The van der Waals surface area contributed by atoms with Gasteiger partial charge in [0.2, 0.25) is 0 Å². The molecule has 0 radical (unpaired) electrons. The number of nitrogens with one attached hydrogen (secondary N) is 1. The minimum absolute atomic E-state index is 0.210. The number of pyridine rings is 1. The van der Waals surface area contributed by atoms with Crippen molar-refractivity contribution in [2.24, 2.45) is 0 Å². The third-order valence-electron chi connectivity index (χ3n) is 7.54. The van der Waals surface area contributed by atoms with Gasteiger partial charge in [0.15, 0.2) is 11.5 Å². The number of ether oxygens (including phenoxy) is 2. The molecule has 0 aliphatic carbocycles. The number of fused-ring (bicyclic) bond motifs is 1. The van der Waals surface area contributed by atoms with E-state index < -0.39 is 10.8 Å². The van der Waals surface area contributed by atoms with Crippen LogP contribution in [0, 0.1) is 22.7 Å². The molecule has 218 valence electrons. The summed E-state index contributed by atoms with van der Waals surface area (Å²) in [5.41, 5.74) is 3.07. The zero-order chi connectivity index (χ0) is 29.5. The smallest absolute Gasteiger partial charge is 0.321 e. The zero-order valence-electron chi connectivity index (χ0n) is 23.5. The third kappa shape index (κ3) is 6.73. The number of methoxy groups -OCH3 is 1. The van der Waals surface area contributed by atoms with Crippen LogP contribution >= 0.6 is 0 Å². The summed E-state index contributed by atoms with van der Waals surface area (Å²) in [5, 5.41) is 22.6. The van der Waals surface area contributed by atoms with Gasteiger partial charge >= 0.3 is 6.03 Å². The standard InChI is InChI=1S/C30H33N7O4S/c1-40-27-17-25-26(18-28(27)41-14-2-7-35-12-15-42(39)16-13-35)33-21-23(20-32)29(25)36-8-10-37(11-9-36)30(38)34-24-5-3-22(19-31)4-6-24/h3-6,17-18,21H,2,7-16H2,1H3,(H,34,38). The van der Waals surface area contributed by atoms with Crippen LogP contribution in [0.4, 0.5) is 16.2 Å². The number of carbonyl (C=O) groups is 1. The number of piperazine rings is 1. The summed E-state index contributed by atoms with van der Waals surface area (Å²) in [5.74, 6) is 2.63. The minimum Gasteiger partial charge on any atom is -0.493 e. The molecule has 2 aromatic carbocycles. The van der Waals surface area contributed by atoms with Gasteiger partial charge in [0.25, 0.3) is 0 Å². The number of hydrogen-bond donors (Lipinski definition) is 1. The molecular weight excluding hydrogens is 554 g/mol. The average Bonchev–Trinajstić information content (AvgIpc) is 3.03. The molecule has 0 spiro atoms. The first-order valence-electron chi connectivity index (χ1n) is 13.9. The lowest BCUT2D eigenvalue weighted by Gasteiger charge is -2.36. The first-order valence-corrected chi connectivity index (χ1v) is 15.4. The number of nitriles is 2. The first-order chi connectivity index (χ1) is 20.5. The van der Waals surface area contributed by atoms with Crippen molar-refractivity contribution in [1.82, 2.24) is 14.8 Å². The molecule has 5 rings (SSSR count). The number of amides is 2. The number of anilines is 2. The van der Waals surface area contributed by atoms with Crippen molar-refractivity contribution < 1.29 is 18.5 Å². The highest BCUT2D eigenvalue weighted by atomic mass is 32.2. The summed E-state index contributed by atoms with van der Waals surface area (Å²) in [6.07, 6.45) is 2.42. The lowest BCUT2D eigenvalue weighted by atomic mass is 10.1. The second kappa shape index (κ2) is 13.5. The maximum atomic E-state index is 12.9. The molecule has 12 heteroatoms. The maximum Gasteiger partial charge on any atom is 0.321 e. The maximum absolute atomic E-state index is 12.9. The van der Waals surface area contributed by atoms with E-state index in [2.05, 4.69) is 32.2 Å². The molecule has 0 atom stereocenters. The number of carbonyl (C=O) groups excluding carboxylic acids is 1. The lowest BCUT2D eigenvalue weighted by molar-refractivity contribution is 0.208. The number of urea groups is 1. The van der Waals surface area contributed by atoms with E-state index in [1.807, 2.05) is 12.1 Å². The van der Waals surface area contributed by atoms with Crippen molar-refractivity contribution in [3.05, 3.63) is 53.7 Å². The van der Waals surface area contributed by atoms with E-state index >= 15 is 0 Å². The van der Waals surface area contributed by atoms with Crippen LogP contribution in [0.15, 0.2) is 42.6 Å². The number of aromatic nitrogens is 1. The number of hydrogen-bond acceptors (Lipinski definition) is 9. The topological polar surface area (TPSA) is 135 Å². The molecule has 2 aliphatic heterocycles. The van der Waals surface area contributed by atoms with Gasteiger partial charge in [-0.2, -0.15) is 10.5 Å². The van der Waals surface area contributed by atoms with Gasteiger partial charge < -0.3 is 29.5 Å². The molecule has 11 nitrogen and oxygen atoms in total. The van der Waals surface area contributed by atoms with Crippen LogP contribution in [0.2, 0.25) is 0 Å². The molecule has 3 aromatic rings. The fraction of sp³-hybridized carbons (Fsp3) is 0.400. The largest absolute Gasteiger partial charge is 0.493 e. The monoisotopic (exact) mass is 587 g/mol. The second-order valence-corrected chi connectivity index (χ2v) is 11.8. The van der Waals surface area contributed by atoms with Gasteiger partial charge in [-0.15, -0.1) is 0 Å². The minimum atomic E-state index is -0.684. The molecule has 2 aliphatic rings. The molecule has 2 amide bonds. The van der Waals surface area contributed by atoms with Crippen molar-refractivity contribution in [3.8, 4) is 23.6 Å². The number of benzene rings is 2. The van der Waals surface area contributed by atoms with Crippen LogP contribution in [0.1, 0.15) is 17.5 Å². The Bertz CT molecular complexity index is 1530. The number of rotatable bonds is 8. The Balaban J connectivity index is 1.25. The van der Waals surface area contributed by atoms with Gasteiger partial charge in [-0.25, -0.2) is 4.79 Å². The molecule has 1 N–H and O–H groups in total. The van der Waals surface area contributed by atoms with E-state index in [0.717, 1.165) is 48.6 Å². The van der Waals surface area contributed by atoms with E-state index in [-0.39, 0.29) is 6.03 Å². The normalized spacial score (nSPS) is 16.1. The summed E-state index contributed by atoms with van der Waals surface area (Å²) in [6.45, 7) is 5.14. The molecular formula is C30H33N7O4S. The molecule has 0 unspecified atom stereocenters. The van der Waals surface area contributed by atoms with E-state index in [9.17, 15) is 14.3 Å². The average molecular weight is 588 g/mol. The van der Waals surface area contributed by atoms with Crippen LogP contribution in [-0.4, -0.2) is 96.1 Å². The van der Waals surface area contributed by atoms with Crippen LogP contribution in [0.5, 0.6) is 11.5 Å². The molecule has 0 saturated carbocycles. The van der Waals surface area contributed by atoms with Crippen molar-refractivity contribution >= 4 is 39.1 Å². The highest BCUT2D eigenvalue weighted by molar-refractivity contribution is 7.85. The summed E-state index contributed by atoms with van der Waals surface area (Å²) in [6, 6.07) is 14.6. The SMILES string of the molecule is COc1cc2c(N3CCN(C(=O)Nc4ccc(C#N)cc4)CC3)c(C#N)cnc2cc1OCCCN1CCS(=O)CC1. The van der Waals surface area contributed by atoms with Crippen LogP contribution in [0.25, 0.3) is 10.9 Å². The van der Waals surface area contributed by atoms with Crippen LogP contribution < -0.4 is 19.7 Å². The highest BCUT2D eigenvalue weighted by Crippen LogP contribution is 2.38. The Morgan fingerprint density at radius 3 is 2.43 bits per heavy atom. The molecule has 0 bridgehead atoms. The first kappa shape index (κ1) is 29.1. The van der Waals surface area contributed by atoms with Crippen molar-refractivity contribution in [3.63, 3.8) is 0 Å². The molecule has 2 saturated heterocycles. The van der Waals surface area contributed by atoms with Crippen LogP contribution in [-0.2, 0) is 10.8 Å². The summed E-state index contributed by atoms with van der Waals surface area (Å²) < 4.78 is 23.3. The van der Waals surface area contributed by atoms with Crippen molar-refractivity contribution in [2.75, 3.05) is 81.3 Å². The Hall–Kier alpha value is -4.39. The second-order valence-electron chi connectivity index (χ2n) is 10.1. The molecule has 2 fully saturated rings. The van der Waals surface area contributed by atoms with Gasteiger partial charge in [0.1, 0.15) is 6.07 Å². The van der Waals surface area contributed by atoms with E-state index in [4.69, 9.17) is 14.7 Å². The predicted octanol–water partition coefficient (Wildman–Crippen LogP) is 3.17. The molecule has 42 heavy (non-hydrogen) atoms. The Labute approximate surface area is 247 Å². The quantitative estimate of drug-likeness (QED) is 0.394. The molecule has 1 aromatic heterocycles. The Kier molecular flexibility index (Phi) is 9.37.